The Hall–Kier alpha value is -1.44. The van der Waals surface area contributed by atoms with Gasteiger partial charge in [-0.1, -0.05) is 0 Å². The van der Waals surface area contributed by atoms with Gasteiger partial charge in [-0.05, 0) is 18.9 Å². The molecule has 2 heterocycles. The van der Waals surface area contributed by atoms with E-state index in [4.69, 9.17) is 5.11 Å². The third kappa shape index (κ3) is 2.84. The Labute approximate surface area is 117 Å². The molecule has 1 aliphatic carbocycles. The zero-order valence-corrected chi connectivity index (χ0v) is 11.3. The van der Waals surface area contributed by atoms with Gasteiger partial charge in [-0.3, -0.25) is 9.48 Å². The predicted molar refractivity (Wildman–Crippen MR) is 70.7 cm³/mol. The molecule has 2 aliphatic rings. The van der Waals surface area contributed by atoms with Crippen molar-refractivity contribution in [1.82, 2.24) is 20.0 Å². The fraction of sp³-hybridized carbons (Fsp3) is 0.692. The molecule has 0 spiro atoms. The topological polar surface area (TPSA) is 90.6 Å². The van der Waals surface area contributed by atoms with Gasteiger partial charge in [0, 0.05) is 12.6 Å². The van der Waals surface area contributed by atoms with E-state index in [1.807, 2.05) is 4.90 Å². The molecule has 0 saturated heterocycles. The maximum absolute atomic E-state index is 12.1. The fourth-order valence-corrected chi connectivity index (χ4v) is 2.39. The predicted octanol–water partition coefficient (Wildman–Crippen LogP) is -0.997. The number of aliphatic hydroxyl groups is 2. The number of carbonyl (C=O) groups is 1. The van der Waals surface area contributed by atoms with Crippen LogP contribution in [0.3, 0.4) is 0 Å². The molecule has 1 fully saturated rings. The van der Waals surface area contributed by atoms with Crippen molar-refractivity contribution in [2.24, 2.45) is 0 Å². The summed E-state index contributed by atoms with van der Waals surface area (Å²) in [7, 11) is 0. The molecule has 0 bridgehead atoms. The molecule has 20 heavy (non-hydrogen) atoms. The number of nitrogens with zero attached hydrogens (tertiary/aromatic N) is 3. The van der Waals surface area contributed by atoms with Crippen LogP contribution in [0.1, 0.15) is 30.3 Å². The van der Waals surface area contributed by atoms with Crippen LogP contribution in [0.15, 0.2) is 6.07 Å². The third-order valence-electron chi connectivity index (χ3n) is 3.80. The van der Waals surface area contributed by atoms with Crippen molar-refractivity contribution < 1.29 is 15.0 Å². The Bertz CT molecular complexity index is 498. The van der Waals surface area contributed by atoms with Crippen LogP contribution < -0.4 is 5.32 Å². The Morgan fingerprint density at radius 3 is 3.00 bits per heavy atom. The quantitative estimate of drug-likeness (QED) is 0.644. The van der Waals surface area contributed by atoms with Crippen LogP contribution in [0, 0.1) is 0 Å². The van der Waals surface area contributed by atoms with Gasteiger partial charge in [-0.15, -0.1) is 0 Å². The lowest BCUT2D eigenvalue weighted by molar-refractivity contribution is -0.131. The summed E-state index contributed by atoms with van der Waals surface area (Å²) in [4.78, 5) is 13.9. The molecule has 3 rings (SSSR count). The lowest BCUT2D eigenvalue weighted by Gasteiger charge is -2.27. The minimum atomic E-state index is -0.950. The summed E-state index contributed by atoms with van der Waals surface area (Å²) in [6.45, 7) is 1.82. The molecule has 1 amide bonds. The monoisotopic (exact) mass is 280 g/mol. The van der Waals surface area contributed by atoms with Crippen LogP contribution in [0.2, 0.25) is 0 Å². The van der Waals surface area contributed by atoms with Crippen LogP contribution in [0.4, 0.5) is 0 Å². The second-order valence-corrected chi connectivity index (χ2v) is 5.45. The van der Waals surface area contributed by atoms with E-state index >= 15 is 0 Å². The number of fused-ring (bicyclic) bond motifs is 1. The van der Waals surface area contributed by atoms with E-state index in [-0.39, 0.29) is 12.5 Å². The number of aromatic nitrogens is 2. The second kappa shape index (κ2) is 5.51. The molecular formula is C13H20N4O3. The Kier molecular flexibility index (Phi) is 3.73. The molecule has 0 aromatic carbocycles. The van der Waals surface area contributed by atoms with Crippen LogP contribution in [0.25, 0.3) is 0 Å². The standard InChI is InChI=1S/C13H20N4O3/c18-8-12(19)11-5-10-7-16(3-4-17(10)15-11)13(20)6-14-9-1-2-9/h5,9,12,14,18-19H,1-4,6-8H2/t12-/m0/s1. The van der Waals surface area contributed by atoms with Crippen LogP contribution in [0.5, 0.6) is 0 Å². The number of carbonyl (C=O) groups excluding carboxylic acids is 1. The van der Waals surface area contributed by atoms with Crippen molar-refractivity contribution in [1.29, 1.82) is 0 Å². The smallest absolute Gasteiger partial charge is 0.236 e. The number of hydrogen-bond donors (Lipinski definition) is 3. The van der Waals surface area contributed by atoms with Crippen LogP contribution in [-0.4, -0.2) is 56.5 Å². The fourth-order valence-electron chi connectivity index (χ4n) is 2.39. The van der Waals surface area contributed by atoms with Crippen molar-refractivity contribution >= 4 is 5.91 Å². The van der Waals surface area contributed by atoms with E-state index < -0.39 is 6.10 Å². The highest BCUT2D eigenvalue weighted by molar-refractivity contribution is 5.78. The van der Waals surface area contributed by atoms with Gasteiger partial charge >= 0.3 is 0 Å². The maximum Gasteiger partial charge on any atom is 0.236 e. The van der Waals surface area contributed by atoms with E-state index in [1.54, 1.807) is 10.7 Å². The van der Waals surface area contributed by atoms with E-state index in [1.165, 1.54) is 12.8 Å². The zero-order chi connectivity index (χ0) is 14.1. The summed E-state index contributed by atoms with van der Waals surface area (Å²) in [6.07, 6.45) is 1.39. The Balaban J connectivity index is 1.61. The minimum absolute atomic E-state index is 0.105. The summed E-state index contributed by atoms with van der Waals surface area (Å²) in [6, 6.07) is 2.29. The first kappa shape index (κ1) is 13.5. The van der Waals surface area contributed by atoms with E-state index in [0.717, 1.165) is 5.69 Å². The summed E-state index contributed by atoms with van der Waals surface area (Å²) in [5.74, 6) is 0.105. The van der Waals surface area contributed by atoms with Gasteiger partial charge in [-0.2, -0.15) is 5.10 Å². The summed E-state index contributed by atoms with van der Waals surface area (Å²) in [5.41, 5.74) is 1.37. The number of hydrogen-bond acceptors (Lipinski definition) is 5. The first-order valence-corrected chi connectivity index (χ1v) is 7.04. The van der Waals surface area contributed by atoms with Crippen molar-refractivity contribution in [2.75, 3.05) is 19.7 Å². The lowest BCUT2D eigenvalue weighted by atomic mass is 10.2. The first-order chi connectivity index (χ1) is 9.67. The molecule has 1 saturated carbocycles. The molecule has 0 radical (unpaired) electrons. The molecule has 1 aromatic heterocycles. The Morgan fingerprint density at radius 1 is 1.50 bits per heavy atom. The number of rotatable bonds is 5. The van der Waals surface area contributed by atoms with E-state index in [0.29, 0.717) is 37.9 Å². The molecule has 0 unspecified atom stereocenters. The average Bonchev–Trinajstić information content (AvgIpc) is 3.20. The van der Waals surface area contributed by atoms with Crippen LogP contribution in [-0.2, 0) is 17.9 Å². The van der Waals surface area contributed by atoms with Crippen molar-refractivity contribution in [3.05, 3.63) is 17.5 Å². The average molecular weight is 280 g/mol. The summed E-state index contributed by atoms with van der Waals surface area (Å²) in [5, 5.41) is 26.0. The highest BCUT2D eigenvalue weighted by Gasteiger charge is 2.26. The van der Waals surface area contributed by atoms with Gasteiger partial charge in [0.2, 0.25) is 5.91 Å². The summed E-state index contributed by atoms with van der Waals surface area (Å²) >= 11 is 0. The minimum Gasteiger partial charge on any atom is -0.393 e. The molecule has 7 heteroatoms. The van der Waals surface area contributed by atoms with E-state index in [2.05, 4.69) is 10.4 Å². The van der Waals surface area contributed by atoms with E-state index in [9.17, 15) is 9.90 Å². The molecule has 7 nitrogen and oxygen atoms in total. The molecule has 110 valence electrons. The SMILES string of the molecule is O=C(CNC1CC1)N1CCn2nc([C@@H](O)CO)cc2C1. The highest BCUT2D eigenvalue weighted by atomic mass is 16.3. The number of aliphatic hydroxyl groups excluding tert-OH is 2. The Morgan fingerprint density at radius 2 is 2.30 bits per heavy atom. The summed E-state index contributed by atoms with van der Waals surface area (Å²) < 4.78 is 1.80. The third-order valence-corrected chi connectivity index (χ3v) is 3.80. The number of nitrogens with one attached hydrogen (secondary N) is 1. The molecule has 1 aromatic rings. The molecule has 1 atom stereocenters. The van der Waals surface area contributed by atoms with Crippen molar-refractivity contribution in [3.8, 4) is 0 Å². The molecular weight excluding hydrogens is 260 g/mol. The first-order valence-electron chi connectivity index (χ1n) is 7.04. The van der Waals surface area contributed by atoms with Crippen molar-refractivity contribution in [3.63, 3.8) is 0 Å². The number of amides is 1. The molecule has 3 N–H and O–H groups in total. The highest BCUT2D eigenvalue weighted by Crippen LogP contribution is 2.19. The normalized spacial score (nSPS) is 19.8. The lowest BCUT2D eigenvalue weighted by Crippen LogP contribution is -2.43. The molecule has 1 aliphatic heterocycles. The van der Waals surface area contributed by atoms with Gasteiger partial charge in [0.15, 0.2) is 0 Å². The van der Waals surface area contributed by atoms with Crippen LogP contribution >= 0.6 is 0 Å². The van der Waals surface area contributed by atoms with Gasteiger partial charge in [-0.25, -0.2) is 0 Å². The second-order valence-electron chi connectivity index (χ2n) is 5.45. The largest absolute Gasteiger partial charge is 0.393 e. The maximum atomic E-state index is 12.1. The van der Waals surface area contributed by atoms with Gasteiger partial charge in [0.05, 0.1) is 37.6 Å². The van der Waals surface area contributed by atoms with Crippen molar-refractivity contribution in [2.45, 2.75) is 38.1 Å². The zero-order valence-electron chi connectivity index (χ0n) is 11.3. The van der Waals surface area contributed by atoms with Gasteiger partial charge < -0.3 is 20.4 Å². The van der Waals surface area contributed by atoms with Gasteiger partial charge in [0.25, 0.3) is 0 Å². The van der Waals surface area contributed by atoms with Gasteiger partial charge in [0.1, 0.15) is 6.10 Å².